The molecule has 2 heterocycles. The number of rotatable bonds is 5. The van der Waals surface area contributed by atoms with Gasteiger partial charge >= 0.3 is 0 Å². The summed E-state index contributed by atoms with van der Waals surface area (Å²) in [6, 6.07) is 3.88. The van der Waals surface area contributed by atoms with Crippen molar-refractivity contribution in [2.45, 2.75) is 25.9 Å². The molecule has 130 valence electrons. The number of hydrogen-bond acceptors (Lipinski definition) is 5. The molecule has 7 heteroatoms. The van der Waals surface area contributed by atoms with Crippen molar-refractivity contribution in [2.24, 2.45) is 0 Å². The monoisotopic (exact) mass is 352 g/mol. The minimum Gasteiger partial charge on any atom is -0.375 e. The van der Waals surface area contributed by atoms with Gasteiger partial charge in [-0.3, -0.25) is 9.80 Å². The average molecular weight is 352 g/mol. The van der Waals surface area contributed by atoms with E-state index < -0.39 is 11.6 Å². The summed E-state index contributed by atoms with van der Waals surface area (Å²) in [7, 11) is 0. The quantitative estimate of drug-likeness (QED) is 0.897. The number of nitrogens with two attached hydrogens (primary N) is 1. The van der Waals surface area contributed by atoms with Crippen molar-refractivity contribution in [1.82, 2.24) is 14.8 Å². The fraction of sp³-hybridized carbons (Fsp3) is 0.471. The summed E-state index contributed by atoms with van der Waals surface area (Å²) in [5.41, 5.74) is 6.26. The van der Waals surface area contributed by atoms with Gasteiger partial charge in [-0.15, -0.1) is 11.3 Å². The van der Waals surface area contributed by atoms with Crippen LogP contribution in [0.2, 0.25) is 0 Å². The number of nitrogen functional groups attached to an aromatic ring is 1. The Kier molecular flexibility index (Phi) is 5.43. The third kappa shape index (κ3) is 3.91. The Morgan fingerprint density at radius 2 is 2.00 bits per heavy atom. The summed E-state index contributed by atoms with van der Waals surface area (Å²) < 4.78 is 27.3. The van der Waals surface area contributed by atoms with E-state index in [2.05, 4.69) is 14.8 Å². The Balaban J connectivity index is 1.62. The van der Waals surface area contributed by atoms with Gasteiger partial charge in [0, 0.05) is 61.5 Å². The molecule has 3 rings (SSSR count). The molecular formula is C17H22F2N4S. The largest absolute Gasteiger partial charge is 0.375 e. The lowest BCUT2D eigenvalue weighted by molar-refractivity contribution is 0.0887. The molecule has 2 N–H and O–H groups in total. The molecule has 1 aromatic carbocycles. The van der Waals surface area contributed by atoms with Crippen LogP contribution >= 0.6 is 11.3 Å². The van der Waals surface area contributed by atoms with Crippen LogP contribution in [0.4, 0.5) is 13.9 Å². The first-order chi connectivity index (χ1) is 11.6. The van der Waals surface area contributed by atoms with E-state index in [1.165, 1.54) is 17.4 Å². The van der Waals surface area contributed by atoms with E-state index in [0.29, 0.717) is 10.7 Å². The lowest BCUT2D eigenvalue weighted by atomic mass is 10.0. The Morgan fingerprint density at radius 3 is 2.58 bits per heavy atom. The van der Waals surface area contributed by atoms with E-state index in [-0.39, 0.29) is 6.04 Å². The Morgan fingerprint density at radius 1 is 1.25 bits per heavy atom. The third-order valence-electron chi connectivity index (χ3n) is 4.51. The Hall–Kier alpha value is -1.57. The van der Waals surface area contributed by atoms with Gasteiger partial charge in [0.2, 0.25) is 0 Å². The van der Waals surface area contributed by atoms with Crippen molar-refractivity contribution in [1.29, 1.82) is 0 Å². The van der Waals surface area contributed by atoms with Crippen molar-refractivity contribution in [3.8, 4) is 0 Å². The van der Waals surface area contributed by atoms with Crippen LogP contribution in [0.15, 0.2) is 24.4 Å². The number of hydrogen-bond donors (Lipinski definition) is 1. The van der Waals surface area contributed by atoms with Crippen LogP contribution in [0.1, 0.15) is 29.8 Å². The van der Waals surface area contributed by atoms with Crippen molar-refractivity contribution in [3.63, 3.8) is 0 Å². The Bertz CT molecular complexity index is 683. The molecule has 0 spiro atoms. The first-order valence-electron chi connectivity index (χ1n) is 8.18. The van der Waals surface area contributed by atoms with Gasteiger partial charge in [0.1, 0.15) is 11.6 Å². The molecule has 0 amide bonds. The molecule has 0 aliphatic carbocycles. The number of nitrogens with zero attached hydrogens (tertiary/aromatic N) is 3. The van der Waals surface area contributed by atoms with Gasteiger partial charge in [0.15, 0.2) is 5.13 Å². The van der Waals surface area contributed by atoms with Crippen LogP contribution in [-0.4, -0.2) is 41.0 Å². The molecule has 4 nitrogen and oxygen atoms in total. The van der Waals surface area contributed by atoms with E-state index >= 15 is 0 Å². The minimum atomic E-state index is -0.528. The predicted octanol–water partition coefficient (Wildman–Crippen LogP) is 3.27. The molecule has 24 heavy (non-hydrogen) atoms. The molecule has 1 atom stereocenters. The van der Waals surface area contributed by atoms with Gasteiger partial charge in [0.25, 0.3) is 0 Å². The molecule has 1 aromatic heterocycles. The standard InChI is InChI=1S/C17H22F2N4S/c1-2-16(14-4-3-12(18)9-15(14)19)23-7-5-22(6-8-23)11-13-10-21-17(20)24-13/h3-4,9-10,16H,2,5-8,11H2,1H3,(H2,20,21). The van der Waals surface area contributed by atoms with Crippen molar-refractivity contribution in [3.05, 3.63) is 46.5 Å². The molecule has 0 saturated carbocycles. The highest BCUT2D eigenvalue weighted by Gasteiger charge is 2.26. The minimum absolute atomic E-state index is 0.00759. The molecule has 1 unspecified atom stereocenters. The van der Waals surface area contributed by atoms with Gasteiger partial charge < -0.3 is 5.73 Å². The van der Waals surface area contributed by atoms with Gasteiger partial charge in [-0.25, -0.2) is 13.8 Å². The van der Waals surface area contributed by atoms with Crippen molar-refractivity contribution < 1.29 is 8.78 Å². The van der Waals surface area contributed by atoms with E-state index in [1.807, 2.05) is 13.1 Å². The lowest BCUT2D eigenvalue weighted by Crippen LogP contribution is -2.47. The predicted molar refractivity (Wildman–Crippen MR) is 92.8 cm³/mol. The number of anilines is 1. The molecule has 0 radical (unpaired) electrons. The topological polar surface area (TPSA) is 45.4 Å². The van der Waals surface area contributed by atoms with Crippen LogP contribution in [0.5, 0.6) is 0 Å². The maximum Gasteiger partial charge on any atom is 0.180 e. The Labute approximate surface area is 144 Å². The number of piperazine rings is 1. The number of thiazole rings is 1. The average Bonchev–Trinajstić information content (AvgIpc) is 2.96. The highest BCUT2D eigenvalue weighted by Crippen LogP contribution is 2.28. The normalized spacial score (nSPS) is 18.0. The highest BCUT2D eigenvalue weighted by molar-refractivity contribution is 7.15. The van der Waals surface area contributed by atoms with E-state index in [9.17, 15) is 8.78 Å². The number of halogens is 2. The molecule has 0 bridgehead atoms. The maximum atomic E-state index is 14.1. The zero-order valence-corrected chi connectivity index (χ0v) is 14.5. The zero-order valence-electron chi connectivity index (χ0n) is 13.7. The lowest BCUT2D eigenvalue weighted by Gasteiger charge is -2.39. The third-order valence-corrected chi connectivity index (χ3v) is 5.32. The number of benzene rings is 1. The maximum absolute atomic E-state index is 14.1. The second-order valence-corrected chi connectivity index (χ2v) is 7.21. The fourth-order valence-electron chi connectivity index (χ4n) is 3.30. The smallest absolute Gasteiger partial charge is 0.180 e. The van der Waals surface area contributed by atoms with Gasteiger partial charge in [-0.2, -0.15) is 0 Å². The molecular weight excluding hydrogens is 330 g/mol. The fourth-order valence-corrected chi connectivity index (χ4v) is 4.02. The molecule has 2 aromatic rings. The van der Waals surface area contributed by atoms with Crippen LogP contribution in [0.3, 0.4) is 0 Å². The van der Waals surface area contributed by atoms with Crippen LogP contribution in [-0.2, 0) is 6.54 Å². The first kappa shape index (κ1) is 17.3. The van der Waals surface area contributed by atoms with E-state index in [4.69, 9.17) is 5.73 Å². The summed E-state index contributed by atoms with van der Waals surface area (Å²) in [6.07, 6.45) is 2.63. The summed E-state index contributed by atoms with van der Waals surface area (Å²) in [5.74, 6) is -0.982. The summed E-state index contributed by atoms with van der Waals surface area (Å²) in [6.45, 7) is 6.45. The number of aromatic nitrogens is 1. The highest BCUT2D eigenvalue weighted by atomic mass is 32.1. The summed E-state index contributed by atoms with van der Waals surface area (Å²) in [4.78, 5) is 9.89. The van der Waals surface area contributed by atoms with E-state index in [0.717, 1.165) is 50.1 Å². The van der Waals surface area contributed by atoms with Crippen LogP contribution in [0, 0.1) is 11.6 Å². The second kappa shape index (κ2) is 7.55. The molecule has 1 aliphatic heterocycles. The van der Waals surface area contributed by atoms with Crippen LogP contribution in [0.25, 0.3) is 0 Å². The SMILES string of the molecule is CCC(c1ccc(F)cc1F)N1CCN(Cc2cnc(N)s2)CC1. The summed E-state index contributed by atoms with van der Waals surface area (Å²) >= 11 is 1.52. The van der Waals surface area contributed by atoms with Gasteiger partial charge in [0.05, 0.1) is 0 Å². The van der Waals surface area contributed by atoms with E-state index in [1.54, 1.807) is 6.07 Å². The van der Waals surface area contributed by atoms with Crippen molar-refractivity contribution in [2.75, 3.05) is 31.9 Å². The van der Waals surface area contributed by atoms with Gasteiger partial charge in [-0.05, 0) is 12.5 Å². The molecule has 1 aliphatic rings. The summed E-state index contributed by atoms with van der Waals surface area (Å²) in [5, 5.41) is 0.599. The van der Waals surface area contributed by atoms with Gasteiger partial charge in [-0.1, -0.05) is 13.0 Å². The van der Waals surface area contributed by atoms with Crippen molar-refractivity contribution >= 4 is 16.5 Å². The first-order valence-corrected chi connectivity index (χ1v) is 9.00. The van der Waals surface area contributed by atoms with Crippen LogP contribution < -0.4 is 5.73 Å². The molecule has 1 fully saturated rings. The second-order valence-electron chi connectivity index (χ2n) is 6.07. The molecule has 1 saturated heterocycles. The zero-order chi connectivity index (χ0) is 17.1.